The smallest absolute Gasteiger partial charge is 0.303 e. The average molecular weight is 569 g/mol. The Morgan fingerprint density at radius 1 is 0.475 bits per heavy atom. The molecule has 0 aromatic rings. The Balaban J connectivity index is 0.000000302. The van der Waals surface area contributed by atoms with Crippen molar-refractivity contribution in [3.8, 4) is 0 Å². The van der Waals surface area contributed by atoms with Gasteiger partial charge in [0.05, 0.1) is 0 Å². The minimum absolute atomic E-state index is 0.222. The number of carbonyl (C=O) groups is 2. The fourth-order valence-electron chi connectivity index (χ4n) is 6.07. The molecule has 0 radical (unpaired) electrons. The summed E-state index contributed by atoms with van der Waals surface area (Å²) in [6, 6.07) is 0. The van der Waals surface area contributed by atoms with Crippen LogP contribution in [0.15, 0.2) is 0 Å². The molecular weight excluding hydrogens is 504 g/mol. The SMILES string of the molecule is C(CC1CCNCC1)CC1CCNCC1.C(CC1CCNCC1)CC1CCNCC1.CCC(=O)O.CCC(=O)O. The van der Waals surface area contributed by atoms with Gasteiger partial charge in [-0.3, -0.25) is 9.59 Å². The Bertz CT molecular complexity index is 510. The maximum atomic E-state index is 9.37. The van der Waals surface area contributed by atoms with Crippen LogP contribution in [-0.2, 0) is 9.59 Å². The summed E-state index contributed by atoms with van der Waals surface area (Å²) in [5, 5.41) is 29.2. The van der Waals surface area contributed by atoms with Gasteiger partial charge in [-0.2, -0.15) is 0 Å². The summed E-state index contributed by atoms with van der Waals surface area (Å²) in [6.07, 6.45) is 20.8. The van der Waals surface area contributed by atoms with Crippen molar-refractivity contribution in [2.75, 3.05) is 52.4 Å². The molecule has 236 valence electrons. The summed E-state index contributed by atoms with van der Waals surface area (Å²) in [5.41, 5.74) is 0. The van der Waals surface area contributed by atoms with E-state index in [0.717, 1.165) is 23.7 Å². The first kappa shape index (κ1) is 36.8. The lowest BCUT2D eigenvalue weighted by atomic mass is 9.87. The number of carboxylic acid groups (broad SMARTS) is 2. The molecule has 4 fully saturated rings. The van der Waals surface area contributed by atoms with Crippen LogP contribution in [0, 0.1) is 23.7 Å². The molecule has 0 unspecified atom stereocenters. The molecule has 4 heterocycles. The molecule has 4 saturated heterocycles. The van der Waals surface area contributed by atoms with Crippen molar-refractivity contribution in [1.82, 2.24) is 21.3 Å². The zero-order valence-electron chi connectivity index (χ0n) is 26.0. The molecule has 0 saturated carbocycles. The zero-order chi connectivity index (χ0) is 29.3. The van der Waals surface area contributed by atoms with Gasteiger partial charge < -0.3 is 31.5 Å². The Hall–Kier alpha value is -1.22. The van der Waals surface area contributed by atoms with Crippen LogP contribution < -0.4 is 21.3 Å². The van der Waals surface area contributed by atoms with Crippen molar-refractivity contribution in [3.63, 3.8) is 0 Å². The largest absolute Gasteiger partial charge is 0.481 e. The fourth-order valence-corrected chi connectivity index (χ4v) is 6.07. The average Bonchev–Trinajstić information content (AvgIpc) is 3.00. The van der Waals surface area contributed by atoms with Crippen LogP contribution in [0.4, 0.5) is 0 Å². The molecule has 0 spiro atoms. The Kier molecular flexibility index (Phi) is 23.5. The molecule has 4 rings (SSSR count). The van der Waals surface area contributed by atoms with Crippen molar-refractivity contribution in [2.45, 2.75) is 117 Å². The lowest BCUT2D eigenvalue weighted by Gasteiger charge is -2.25. The molecular formula is C32H64N4O4. The Labute approximate surface area is 245 Å². The molecule has 8 heteroatoms. The summed E-state index contributed by atoms with van der Waals surface area (Å²) in [6.45, 7) is 13.3. The molecule has 4 aliphatic rings. The van der Waals surface area contributed by atoms with E-state index in [1.54, 1.807) is 13.8 Å². The summed E-state index contributed by atoms with van der Waals surface area (Å²) >= 11 is 0. The molecule has 8 nitrogen and oxygen atoms in total. The summed E-state index contributed by atoms with van der Waals surface area (Å²) < 4.78 is 0. The third-order valence-corrected chi connectivity index (χ3v) is 8.89. The quantitative estimate of drug-likeness (QED) is 0.211. The fraction of sp³-hybridized carbons (Fsp3) is 0.938. The van der Waals surface area contributed by atoms with Crippen LogP contribution in [-0.4, -0.2) is 74.5 Å². The minimum atomic E-state index is -0.745. The van der Waals surface area contributed by atoms with Gasteiger partial charge in [0.1, 0.15) is 0 Å². The third kappa shape index (κ3) is 21.5. The van der Waals surface area contributed by atoms with Gasteiger partial charge in [-0.15, -0.1) is 0 Å². The van der Waals surface area contributed by atoms with Gasteiger partial charge >= 0.3 is 11.9 Å². The number of carboxylic acids is 2. The first-order chi connectivity index (χ1) is 19.4. The van der Waals surface area contributed by atoms with Gasteiger partial charge in [0, 0.05) is 12.8 Å². The standard InChI is InChI=1S/2C13H26N2.2C3H6O2/c2*1(2-12-4-8-14-9-5-12)3-13-6-10-15-11-7-13;2*1-2-3(4)5/h2*12-15H,1-11H2;2*2H2,1H3,(H,4,5). The first-order valence-corrected chi connectivity index (χ1v) is 16.7. The highest BCUT2D eigenvalue weighted by molar-refractivity contribution is 5.66. The van der Waals surface area contributed by atoms with Crippen LogP contribution in [0.2, 0.25) is 0 Å². The van der Waals surface area contributed by atoms with E-state index in [-0.39, 0.29) is 12.8 Å². The van der Waals surface area contributed by atoms with E-state index in [4.69, 9.17) is 10.2 Å². The van der Waals surface area contributed by atoms with E-state index in [0.29, 0.717) is 0 Å². The predicted octanol–water partition coefficient (Wildman–Crippen LogP) is 5.27. The van der Waals surface area contributed by atoms with Gasteiger partial charge in [-0.25, -0.2) is 0 Å². The Morgan fingerprint density at radius 2 is 0.650 bits per heavy atom. The third-order valence-electron chi connectivity index (χ3n) is 8.89. The summed E-state index contributed by atoms with van der Waals surface area (Å²) in [7, 11) is 0. The maximum absolute atomic E-state index is 9.37. The van der Waals surface area contributed by atoms with Crippen molar-refractivity contribution in [3.05, 3.63) is 0 Å². The first-order valence-electron chi connectivity index (χ1n) is 16.7. The number of rotatable bonds is 10. The minimum Gasteiger partial charge on any atom is -0.481 e. The Morgan fingerprint density at radius 3 is 0.800 bits per heavy atom. The summed E-state index contributed by atoms with van der Waals surface area (Å²) in [4.78, 5) is 18.7. The second kappa shape index (κ2) is 25.5. The van der Waals surface area contributed by atoms with Crippen LogP contribution in [0.5, 0.6) is 0 Å². The van der Waals surface area contributed by atoms with Gasteiger partial charge in [-0.05, 0) is 127 Å². The van der Waals surface area contributed by atoms with Crippen LogP contribution in [0.1, 0.15) is 117 Å². The maximum Gasteiger partial charge on any atom is 0.303 e. The van der Waals surface area contributed by atoms with Crippen LogP contribution >= 0.6 is 0 Å². The second-order valence-corrected chi connectivity index (χ2v) is 12.1. The molecule has 40 heavy (non-hydrogen) atoms. The summed E-state index contributed by atoms with van der Waals surface area (Å²) in [5.74, 6) is 2.65. The van der Waals surface area contributed by atoms with Crippen molar-refractivity contribution in [1.29, 1.82) is 0 Å². The molecule has 0 aliphatic carbocycles. The van der Waals surface area contributed by atoms with E-state index < -0.39 is 11.9 Å². The van der Waals surface area contributed by atoms with Gasteiger partial charge in [0.2, 0.25) is 0 Å². The lowest BCUT2D eigenvalue weighted by molar-refractivity contribution is -0.137. The molecule has 0 aromatic carbocycles. The van der Waals surface area contributed by atoms with Gasteiger partial charge in [0.15, 0.2) is 0 Å². The molecule has 0 bridgehead atoms. The number of piperidine rings is 4. The molecule has 0 atom stereocenters. The normalized spacial score (nSPS) is 21.1. The monoisotopic (exact) mass is 568 g/mol. The lowest BCUT2D eigenvalue weighted by Crippen LogP contribution is -2.29. The van der Waals surface area contributed by atoms with Gasteiger partial charge in [-0.1, -0.05) is 52.4 Å². The number of nitrogens with one attached hydrogen (secondary N) is 4. The van der Waals surface area contributed by atoms with E-state index in [1.807, 2.05) is 0 Å². The van der Waals surface area contributed by atoms with Crippen LogP contribution in [0.25, 0.3) is 0 Å². The molecule has 0 aromatic heterocycles. The highest BCUT2D eigenvalue weighted by Crippen LogP contribution is 2.25. The van der Waals surface area contributed by atoms with Crippen molar-refractivity contribution >= 4 is 11.9 Å². The van der Waals surface area contributed by atoms with E-state index in [9.17, 15) is 9.59 Å². The zero-order valence-corrected chi connectivity index (χ0v) is 26.0. The number of hydrogen-bond donors (Lipinski definition) is 6. The molecule has 0 amide bonds. The highest BCUT2D eigenvalue weighted by Gasteiger charge is 2.17. The van der Waals surface area contributed by atoms with Crippen molar-refractivity contribution in [2.24, 2.45) is 23.7 Å². The molecule has 4 aliphatic heterocycles. The predicted molar refractivity (Wildman–Crippen MR) is 166 cm³/mol. The molecule has 6 N–H and O–H groups in total. The number of aliphatic carboxylic acids is 2. The van der Waals surface area contributed by atoms with E-state index in [1.165, 1.54) is 142 Å². The van der Waals surface area contributed by atoms with E-state index in [2.05, 4.69) is 21.3 Å². The van der Waals surface area contributed by atoms with Gasteiger partial charge in [0.25, 0.3) is 0 Å². The topological polar surface area (TPSA) is 123 Å². The van der Waals surface area contributed by atoms with Crippen LogP contribution in [0.3, 0.4) is 0 Å². The highest BCUT2D eigenvalue weighted by atomic mass is 16.4. The number of hydrogen-bond acceptors (Lipinski definition) is 6. The van der Waals surface area contributed by atoms with Crippen molar-refractivity contribution < 1.29 is 19.8 Å². The van der Waals surface area contributed by atoms with E-state index >= 15 is 0 Å². The second-order valence-electron chi connectivity index (χ2n) is 12.1.